The molecule has 2 fully saturated rings. The van der Waals surface area contributed by atoms with Crippen molar-refractivity contribution in [1.82, 2.24) is 4.90 Å². The predicted octanol–water partition coefficient (Wildman–Crippen LogP) is 1.49. The molecular formula is C11H15Cl3N2O3S2. The Kier molecular flexibility index (Phi) is 5.54. The summed E-state index contributed by atoms with van der Waals surface area (Å²) in [6, 6.07) is -0.473. The predicted molar refractivity (Wildman–Crippen MR) is 88.0 cm³/mol. The lowest BCUT2D eigenvalue weighted by atomic mass is 9.89. The minimum atomic E-state index is -1.64. The third-order valence-electron chi connectivity index (χ3n) is 3.41. The quantitative estimate of drug-likeness (QED) is 0.443. The maximum atomic E-state index is 12.4. The molecule has 2 heterocycles. The van der Waals surface area contributed by atoms with Gasteiger partial charge >= 0.3 is 5.97 Å². The van der Waals surface area contributed by atoms with Gasteiger partial charge in [0.1, 0.15) is 23.4 Å². The first kappa shape index (κ1) is 17.8. The number of halogens is 3. The molecular weight excluding hydrogens is 379 g/mol. The first-order chi connectivity index (χ1) is 9.70. The van der Waals surface area contributed by atoms with Crippen LogP contribution in [0.3, 0.4) is 0 Å². The SMILES string of the molecule is CSCC1(C(=O)OCC(Cl)(Cl)Cl)CS[C@@H]2C(N)C(=O)N2C1. The number of thioether (sulfide) groups is 2. The highest BCUT2D eigenvalue weighted by Gasteiger charge is 2.56. The van der Waals surface area contributed by atoms with Gasteiger partial charge in [-0.2, -0.15) is 11.8 Å². The van der Waals surface area contributed by atoms with Crippen molar-refractivity contribution in [1.29, 1.82) is 0 Å². The van der Waals surface area contributed by atoms with Crippen molar-refractivity contribution in [3.8, 4) is 0 Å². The molecule has 2 rings (SSSR count). The lowest BCUT2D eigenvalue weighted by Gasteiger charge is -2.53. The third-order valence-corrected chi connectivity index (χ3v) is 6.18. The number of hydrogen-bond donors (Lipinski definition) is 1. The number of nitrogens with zero attached hydrogens (tertiary/aromatic N) is 1. The molecule has 120 valence electrons. The van der Waals surface area contributed by atoms with Crippen LogP contribution in [-0.4, -0.2) is 62.9 Å². The smallest absolute Gasteiger partial charge is 0.315 e. The van der Waals surface area contributed by atoms with Crippen molar-refractivity contribution in [2.45, 2.75) is 15.2 Å². The molecule has 2 N–H and O–H groups in total. The van der Waals surface area contributed by atoms with E-state index in [1.54, 1.807) is 4.90 Å². The molecule has 0 bridgehead atoms. The first-order valence-electron chi connectivity index (χ1n) is 6.11. The van der Waals surface area contributed by atoms with Gasteiger partial charge in [-0.25, -0.2) is 0 Å². The van der Waals surface area contributed by atoms with Crippen LogP contribution in [0.25, 0.3) is 0 Å². The lowest BCUT2D eigenvalue weighted by Crippen LogP contribution is -2.72. The van der Waals surface area contributed by atoms with Crippen molar-refractivity contribution in [2.75, 3.05) is 30.9 Å². The monoisotopic (exact) mass is 392 g/mol. The fraction of sp³-hybridized carbons (Fsp3) is 0.818. The van der Waals surface area contributed by atoms with Crippen molar-refractivity contribution in [3.05, 3.63) is 0 Å². The van der Waals surface area contributed by atoms with Crippen LogP contribution in [-0.2, 0) is 14.3 Å². The van der Waals surface area contributed by atoms with Gasteiger partial charge in [0.05, 0.1) is 0 Å². The molecule has 2 saturated heterocycles. The number of carbonyl (C=O) groups is 2. The van der Waals surface area contributed by atoms with Gasteiger partial charge in [0.2, 0.25) is 9.70 Å². The summed E-state index contributed by atoms with van der Waals surface area (Å²) >= 11 is 19.8. The van der Waals surface area contributed by atoms with Crippen LogP contribution in [0.15, 0.2) is 0 Å². The van der Waals surface area contributed by atoms with Crippen molar-refractivity contribution in [3.63, 3.8) is 0 Å². The minimum absolute atomic E-state index is 0.0477. The van der Waals surface area contributed by atoms with Crippen LogP contribution in [0.1, 0.15) is 0 Å². The van der Waals surface area contributed by atoms with Crippen LogP contribution in [0.4, 0.5) is 0 Å². The molecule has 0 aromatic carbocycles. The average Bonchev–Trinajstić information content (AvgIpc) is 2.43. The Morgan fingerprint density at radius 1 is 1.62 bits per heavy atom. The lowest BCUT2D eigenvalue weighted by molar-refractivity contribution is -0.159. The molecule has 0 aromatic rings. The number of hydrogen-bond acceptors (Lipinski definition) is 6. The van der Waals surface area contributed by atoms with E-state index in [4.69, 9.17) is 45.3 Å². The first-order valence-corrected chi connectivity index (χ1v) is 9.68. The Bertz CT molecular complexity index is 449. The maximum Gasteiger partial charge on any atom is 0.315 e. The molecule has 0 radical (unpaired) electrons. The van der Waals surface area contributed by atoms with E-state index >= 15 is 0 Å². The van der Waals surface area contributed by atoms with E-state index < -0.39 is 21.2 Å². The van der Waals surface area contributed by atoms with Gasteiger partial charge in [0.15, 0.2) is 0 Å². The number of carbonyl (C=O) groups excluding carboxylic acids is 2. The molecule has 1 amide bonds. The summed E-state index contributed by atoms with van der Waals surface area (Å²) in [6.07, 6.45) is 1.89. The van der Waals surface area contributed by atoms with Crippen LogP contribution in [0, 0.1) is 5.41 Å². The van der Waals surface area contributed by atoms with E-state index in [0.29, 0.717) is 18.1 Å². The van der Waals surface area contributed by atoms with Crippen LogP contribution < -0.4 is 5.73 Å². The molecule has 10 heteroatoms. The number of rotatable bonds is 4. The maximum absolute atomic E-state index is 12.4. The molecule has 5 nitrogen and oxygen atoms in total. The normalized spacial score (nSPS) is 32.4. The van der Waals surface area contributed by atoms with Crippen LogP contribution in [0.5, 0.6) is 0 Å². The van der Waals surface area contributed by atoms with Gasteiger partial charge in [-0.05, 0) is 6.26 Å². The van der Waals surface area contributed by atoms with E-state index in [-0.39, 0.29) is 17.9 Å². The standard InChI is InChI=1S/C11H15Cl3N2O3S2/c1-20-4-10(9(18)19-3-11(12,13)14)2-16-7(17)6(15)8(16)21-5-10/h6,8H,2-5,15H2,1H3/t6?,8-,10?/m1/s1. The van der Waals surface area contributed by atoms with Gasteiger partial charge < -0.3 is 15.4 Å². The van der Waals surface area contributed by atoms with Gasteiger partial charge in [0, 0.05) is 18.1 Å². The molecule has 3 atom stereocenters. The highest BCUT2D eigenvalue weighted by Crippen LogP contribution is 2.43. The number of ether oxygens (including phenoxy) is 1. The Morgan fingerprint density at radius 2 is 2.29 bits per heavy atom. The number of fused-ring (bicyclic) bond motifs is 1. The third kappa shape index (κ3) is 3.70. The topological polar surface area (TPSA) is 72.6 Å². The molecule has 2 aliphatic heterocycles. The molecule has 0 spiro atoms. The van der Waals surface area contributed by atoms with E-state index in [0.717, 1.165) is 0 Å². The van der Waals surface area contributed by atoms with E-state index in [1.807, 2.05) is 6.26 Å². The Balaban J connectivity index is 2.07. The second-order valence-corrected chi connectivity index (χ2v) is 9.59. The molecule has 0 aromatic heterocycles. The minimum Gasteiger partial charge on any atom is -0.461 e. The molecule has 2 unspecified atom stereocenters. The van der Waals surface area contributed by atoms with E-state index in [1.165, 1.54) is 23.5 Å². The highest BCUT2D eigenvalue weighted by molar-refractivity contribution is 8.00. The Hall–Kier alpha value is 0.470. The molecule has 21 heavy (non-hydrogen) atoms. The molecule has 0 saturated carbocycles. The van der Waals surface area contributed by atoms with Crippen molar-refractivity contribution < 1.29 is 14.3 Å². The summed E-state index contributed by atoms with van der Waals surface area (Å²) in [5.41, 5.74) is 4.96. The van der Waals surface area contributed by atoms with Gasteiger partial charge in [-0.15, -0.1) is 11.8 Å². The van der Waals surface area contributed by atoms with Gasteiger partial charge in [-0.3, -0.25) is 9.59 Å². The Labute approximate surface area is 146 Å². The number of amides is 1. The zero-order valence-corrected chi connectivity index (χ0v) is 15.1. The van der Waals surface area contributed by atoms with Crippen LogP contribution in [0.2, 0.25) is 0 Å². The second-order valence-electron chi connectivity index (χ2n) is 5.10. The van der Waals surface area contributed by atoms with Crippen molar-refractivity contribution >= 4 is 70.2 Å². The zero-order valence-electron chi connectivity index (χ0n) is 11.2. The Morgan fingerprint density at radius 3 is 2.86 bits per heavy atom. The van der Waals surface area contributed by atoms with Gasteiger partial charge in [0.25, 0.3) is 0 Å². The largest absolute Gasteiger partial charge is 0.461 e. The fourth-order valence-electron chi connectivity index (χ4n) is 2.38. The number of esters is 1. The summed E-state index contributed by atoms with van der Waals surface area (Å²) < 4.78 is 3.50. The number of nitrogens with two attached hydrogens (primary N) is 1. The highest BCUT2D eigenvalue weighted by atomic mass is 35.6. The summed E-state index contributed by atoms with van der Waals surface area (Å²) in [5.74, 6) is 0.494. The molecule has 0 aliphatic carbocycles. The molecule has 2 aliphatic rings. The summed E-state index contributed by atoms with van der Waals surface area (Å²) in [7, 11) is 0. The van der Waals surface area contributed by atoms with E-state index in [2.05, 4.69) is 0 Å². The number of β-lactam (4-membered cyclic amide) rings is 1. The van der Waals surface area contributed by atoms with Crippen LogP contribution >= 0.6 is 58.3 Å². The second kappa shape index (κ2) is 6.53. The summed E-state index contributed by atoms with van der Waals surface area (Å²) in [6.45, 7) is -0.00901. The summed E-state index contributed by atoms with van der Waals surface area (Å²) in [4.78, 5) is 25.9. The number of alkyl halides is 3. The average molecular weight is 394 g/mol. The van der Waals surface area contributed by atoms with E-state index in [9.17, 15) is 9.59 Å². The van der Waals surface area contributed by atoms with Gasteiger partial charge in [-0.1, -0.05) is 34.8 Å². The summed E-state index contributed by atoms with van der Waals surface area (Å²) in [5, 5.41) is -0.0477. The fourth-order valence-corrected chi connectivity index (χ4v) is 5.01. The van der Waals surface area contributed by atoms with Crippen molar-refractivity contribution in [2.24, 2.45) is 11.1 Å². The zero-order chi connectivity index (χ0) is 15.8.